The topological polar surface area (TPSA) is 92.5 Å². The molecule has 1 N–H and O–H groups in total. The Balaban J connectivity index is 1.75. The number of alkyl halides is 3. The van der Waals surface area contributed by atoms with Gasteiger partial charge in [-0.05, 0) is 24.1 Å². The summed E-state index contributed by atoms with van der Waals surface area (Å²) in [5.74, 6) is 0. The number of hydrogen-bond donors (Lipinski definition) is 1. The fraction of sp³-hybridized carbons (Fsp3) is 0.333. The lowest BCUT2D eigenvalue weighted by atomic mass is 10.2. The Bertz CT molecular complexity index is 997. The van der Waals surface area contributed by atoms with E-state index in [1.165, 1.54) is 0 Å². The summed E-state index contributed by atoms with van der Waals surface area (Å²) in [6.45, 7) is 2.05. The van der Waals surface area contributed by atoms with Crippen LogP contribution in [0.25, 0.3) is 0 Å². The molecule has 2 aromatic rings. The fourth-order valence-electron chi connectivity index (χ4n) is 3.24. The second-order valence-corrected chi connectivity index (χ2v) is 8.68. The van der Waals surface area contributed by atoms with E-state index in [-0.39, 0.29) is 11.7 Å². The molecule has 2 aromatic carbocycles. The van der Waals surface area contributed by atoms with Gasteiger partial charge in [-0.25, -0.2) is 8.42 Å². The Morgan fingerprint density at radius 3 is 2.48 bits per heavy atom. The maximum Gasteiger partial charge on any atom is 0.501 e. The minimum atomic E-state index is -5.66. The molecule has 1 saturated heterocycles. The van der Waals surface area contributed by atoms with Crippen LogP contribution >= 0.6 is 0 Å². The van der Waals surface area contributed by atoms with Crippen LogP contribution in [0, 0.1) is 10.1 Å². The molecule has 1 heterocycles. The van der Waals surface area contributed by atoms with Crippen molar-refractivity contribution >= 4 is 21.2 Å². The Morgan fingerprint density at radius 2 is 1.86 bits per heavy atom. The fourth-order valence-corrected chi connectivity index (χ4v) is 4.02. The highest BCUT2D eigenvalue weighted by atomic mass is 32.2. The van der Waals surface area contributed by atoms with E-state index >= 15 is 0 Å². The van der Waals surface area contributed by atoms with Crippen molar-refractivity contribution in [1.82, 2.24) is 4.90 Å². The van der Waals surface area contributed by atoms with E-state index in [2.05, 4.69) is 10.2 Å². The average molecular weight is 429 g/mol. The van der Waals surface area contributed by atoms with E-state index in [0.29, 0.717) is 25.6 Å². The van der Waals surface area contributed by atoms with Crippen LogP contribution < -0.4 is 5.32 Å². The molecule has 0 unspecified atom stereocenters. The molecular formula is C18H18F3N3O4S. The molecule has 1 fully saturated rings. The Kier molecular flexibility index (Phi) is 5.80. The highest BCUT2D eigenvalue weighted by Gasteiger charge is 2.47. The maximum absolute atomic E-state index is 12.7. The highest BCUT2D eigenvalue weighted by Crippen LogP contribution is 2.35. The summed E-state index contributed by atoms with van der Waals surface area (Å²) in [4.78, 5) is 11.4. The summed E-state index contributed by atoms with van der Waals surface area (Å²) in [5, 5.41) is 14.3. The number of rotatable bonds is 6. The first-order valence-corrected chi connectivity index (χ1v) is 10.2. The van der Waals surface area contributed by atoms with Crippen molar-refractivity contribution in [1.29, 1.82) is 0 Å². The first-order chi connectivity index (χ1) is 13.6. The minimum Gasteiger partial charge on any atom is -0.375 e. The van der Waals surface area contributed by atoms with Crippen LogP contribution in [0.4, 0.5) is 24.5 Å². The van der Waals surface area contributed by atoms with Crippen LogP contribution in [0.5, 0.6) is 0 Å². The molecule has 0 aromatic heterocycles. The molecule has 0 bridgehead atoms. The smallest absolute Gasteiger partial charge is 0.375 e. The zero-order chi connectivity index (χ0) is 21.2. The lowest BCUT2D eigenvalue weighted by Gasteiger charge is -2.18. The average Bonchev–Trinajstić information content (AvgIpc) is 3.08. The van der Waals surface area contributed by atoms with Crippen molar-refractivity contribution in [3.8, 4) is 0 Å². The normalized spacial score (nSPS) is 18.0. The van der Waals surface area contributed by atoms with Gasteiger partial charge in [0.15, 0.2) is 0 Å². The van der Waals surface area contributed by atoms with Gasteiger partial charge in [0.1, 0.15) is 5.69 Å². The predicted molar refractivity (Wildman–Crippen MR) is 100 cm³/mol. The molecular weight excluding hydrogens is 411 g/mol. The van der Waals surface area contributed by atoms with Crippen LogP contribution in [-0.4, -0.2) is 42.9 Å². The molecule has 0 saturated carbocycles. The van der Waals surface area contributed by atoms with E-state index in [9.17, 15) is 31.7 Å². The van der Waals surface area contributed by atoms with Crippen LogP contribution in [0.3, 0.4) is 0 Å². The third-order valence-electron chi connectivity index (χ3n) is 4.66. The van der Waals surface area contributed by atoms with Gasteiger partial charge in [0, 0.05) is 31.7 Å². The SMILES string of the molecule is O=[N+]([O-])c1cc(S(=O)(=O)C(F)(F)F)ccc1N[C@@H]1CCN(Cc2ccccc2)C1. The van der Waals surface area contributed by atoms with Crippen molar-refractivity contribution in [2.45, 2.75) is 29.4 Å². The number of benzene rings is 2. The lowest BCUT2D eigenvalue weighted by Crippen LogP contribution is -2.26. The molecule has 0 amide bonds. The van der Waals surface area contributed by atoms with E-state index in [0.717, 1.165) is 24.2 Å². The largest absolute Gasteiger partial charge is 0.501 e. The van der Waals surface area contributed by atoms with Gasteiger partial charge in [-0.1, -0.05) is 30.3 Å². The number of nitrogens with zero attached hydrogens (tertiary/aromatic N) is 2. The molecule has 29 heavy (non-hydrogen) atoms. The monoisotopic (exact) mass is 429 g/mol. The maximum atomic E-state index is 12.7. The molecule has 1 aliphatic heterocycles. The zero-order valence-corrected chi connectivity index (χ0v) is 15.9. The van der Waals surface area contributed by atoms with Gasteiger partial charge in [0.2, 0.25) is 0 Å². The summed E-state index contributed by atoms with van der Waals surface area (Å²) in [5.41, 5.74) is -5.13. The van der Waals surface area contributed by atoms with Crippen molar-refractivity contribution in [3.05, 3.63) is 64.2 Å². The van der Waals surface area contributed by atoms with Crippen LogP contribution in [-0.2, 0) is 16.4 Å². The van der Waals surface area contributed by atoms with Crippen molar-refractivity contribution in [2.75, 3.05) is 18.4 Å². The number of likely N-dealkylation sites (tertiary alicyclic amines) is 1. The van der Waals surface area contributed by atoms with Crippen LogP contribution in [0.15, 0.2) is 53.4 Å². The molecule has 1 atom stereocenters. The zero-order valence-electron chi connectivity index (χ0n) is 15.1. The third-order valence-corrected chi connectivity index (χ3v) is 6.15. The number of anilines is 1. The van der Waals surface area contributed by atoms with Crippen molar-refractivity contribution in [3.63, 3.8) is 0 Å². The van der Waals surface area contributed by atoms with Gasteiger partial charge in [-0.15, -0.1) is 0 Å². The quantitative estimate of drug-likeness (QED) is 0.558. The number of nitro groups is 1. The Morgan fingerprint density at radius 1 is 1.17 bits per heavy atom. The van der Waals surface area contributed by atoms with Crippen LogP contribution in [0.1, 0.15) is 12.0 Å². The van der Waals surface area contributed by atoms with Gasteiger partial charge in [-0.2, -0.15) is 13.2 Å². The van der Waals surface area contributed by atoms with E-state index in [1.807, 2.05) is 30.3 Å². The van der Waals surface area contributed by atoms with E-state index in [4.69, 9.17) is 0 Å². The van der Waals surface area contributed by atoms with Gasteiger partial charge in [-0.3, -0.25) is 15.0 Å². The minimum absolute atomic E-state index is 0.0114. The van der Waals surface area contributed by atoms with Gasteiger partial charge < -0.3 is 5.32 Å². The summed E-state index contributed by atoms with van der Waals surface area (Å²) in [6.07, 6.45) is 0.687. The number of nitro benzene ring substituents is 1. The summed E-state index contributed by atoms with van der Waals surface area (Å²) in [7, 11) is -5.66. The molecule has 156 valence electrons. The molecule has 0 aliphatic carbocycles. The second-order valence-electron chi connectivity index (χ2n) is 6.74. The number of halogens is 3. The van der Waals surface area contributed by atoms with Gasteiger partial charge in [0.25, 0.3) is 15.5 Å². The van der Waals surface area contributed by atoms with Gasteiger partial charge in [0.05, 0.1) is 9.82 Å². The molecule has 1 aliphatic rings. The van der Waals surface area contributed by atoms with E-state index in [1.54, 1.807) is 0 Å². The van der Waals surface area contributed by atoms with E-state index < -0.39 is 30.9 Å². The molecule has 3 rings (SSSR count). The summed E-state index contributed by atoms with van der Waals surface area (Å²) >= 11 is 0. The summed E-state index contributed by atoms with van der Waals surface area (Å²) in [6, 6.07) is 11.8. The number of nitrogens with one attached hydrogen (secondary N) is 1. The van der Waals surface area contributed by atoms with Gasteiger partial charge >= 0.3 is 5.51 Å². The lowest BCUT2D eigenvalue weighted by molar-refractivity contribution is -0.384. The Hall–Kier alpha value is -2.66. The number of sulfone groups is 1. The highest BCUT2D eigenvalue weighted by molar-refractivity contribution is 7.92. The predicted octanol–water partition coefficient (Wildman–Crippen LogP) is 3.57. The van der Waals surface area contributed by atoms with Crippen molar-refractivity contribution in [2.24, 2.45) is 0 Å². The molecule has 7 nitrogen and oxygen atoms in total. The third kappa shape index (κ3) is 4.67. The number of hydrogen-bond acceptors (Lipinski definition) is 6. The summed E-state index contributed by atoms with van der Waals surface area (Å²) < 4.78 is 61.2. The molecule has 0 spiro atoms. The molecule has 0 radical (unpaired) electrons. The van der Waals surface area contributed by atoms with Crippen molar-refractivity contribution < 1.29 is 26.5 Å². The Labute approximate surface area is 165 Å². The first-order valence-electron chi connectivity index (χ1n) is 8.70. The standard InChI is InChI=1S/C18H18F3N3O4S/c19-18(20,21)29(27,28)15-6-7-16(17(10-15)24(25)26)22-14-8-9-23(12-14)11-13-4-2-1-3-5-13/h1-7,10,14,22H,8-9,11-12H2/t14-/m1/s1. The molecule has 11 heteroatoms. The second kappa shape index (κ2) is 7.99. The first kappa shape index (κ1) is 21.1. The van der Waals surface area contributed by atoms with Crippen LogP contribution in [0.2, 0.25) is 0 Å².